The molecule has 8 heteroatoms. The Bertz CT molecular complexity index is 917. The van der Waals surface area contributed by atoms with Crippen molar-refractivity contribution in [3.63, 3.8) is 0 Å². The fourth-order valence-corrected chi connectivity index (χ4v) is 4.90. The molecule has 1 atom stereocenters. The monoisotopic (exact) mass is 433 g/mol. The van der Waals surface area contributed by atoms with Crippen molar-refractivity contribution in [2.45, 2.75) is 26.7 Å². The molecule has 1 aromatic carbocycles. The summed E-state index contributed by atoms with van der Waals surface area (Å²) >= 11 is 12.2. The van der Waals surface area contributed by atoms with Crippen LogP contribution in [0.4, 0.5) is 11.8 Å². The summed E-state index contributed by atoms with van der Waals surface area (Å²) in [5.41, 5.74) is 1.59. The van der Waals surface area contributed by atoms with Gasteiger partial charge >= 0.3 is 0 Å². The van der Waals surface area contributed by atoms with Crippen molar-refractivity contribution in [2.75, 3.05) is 42.9 Å². The second kappa shape index (κ2) is 8.00. The van der Waals surface area contributed by atoms with Gasteiger partial charge in [-0.3, -0.25) is 4.79 Å². The topological polar surface area (TPSA) is 61.4 Å². The van der Waals surface area contributed by atoms with Crippen molar-refractivity contribution in [3.8, 4) is 0 Å². The zero-order valence-electron chi connectivity index (χ0n) is 16.7. The van der Waals surface area contributed by atoms with Gasteiger partial charge in [0.1, 0.15) is 5.82 Å². The van der Waals surface area contributed by atoms with Crippen LogP contribution in [0.25, 0.3) is 0 Å². The van der Waals surface area contributed by atoms with Gasteiger partial charge in [0.25, 0.3) is 5.91 Å². The van der Waals surface area contributed by atoms with Crippen molar-refractivity contribution in [3.05, 3.63) is 45.6 Å². The molecule has 0 aliphatic carbocycles. The summed E-state index contributed by atoms with van der Waals surface area (Å²) in [5.74, 6) is 1.62. The number of benzene rings is 1. The summed E-state index contributed by atoms with van der Waals surface area (Å²) < 4.78 is 0. The molecule has 0 radical (unpaired) electrons. The van der Waals surface area contributed by atoms with Gasteiger partial charge in [-0.05, 0) is 44.9 Å². The molecule has 6 nitrogen and oxygen atoms in total. The van der Waals surface area contributed by atoms with E-state index < -0.39 is 0 Å². The molecular formula is C21H25Cl2N5O. The number of amides is 1. The van der Waals surface area contributed by atoms with Crippen LogP contribution < -0.4 is 10.2 Å². The number of carbonyl (C=O) groups excluding carboxylic acids is 1. The molecule has 4 rings (SSSR count). The highest BCUT2D eigenvalue weighted by molar-refractivity contribution is 6.35. The van der Waals surface area contributed by atoms with Crippen molar-refractivity contribution in [1.82, 2.24) is 14.9 Å². The molecular weight excluding hydrogens is 409 g/mol. The van der Waals surface area contributed by atoms with E-state index in [0.29, 0.717) is 15.6 Å². The van der Waals surface area contributed by atoms with Gasteiger partial charge in [-0.15, -0.1) is 0 Å². The number of carbonyl (C=O) groups is 1. The Morgan fingerprint density at radius 3 is 2.55 bits per heavy atom. The third-order valence-electron chi connectivity index (χ3n) is 5.76. The number of aryl methyl sites for hydroxylation is 1. The van der Waals surface area contributed by atoms with Crippen LogP contribution in [0.3, 0.4) is 0 Å². The van der Waals surface area contributed by atoms with Crippen LogP contribution >= 0.6 is 23.2 Å². The number of hydrogen-bond acceptors (Lipinski definition) is 5. The van der Waals surface area contributed by atoms with E-state index in [-0.39, 0.29) is 11.3 Å². The lowest BCUT2D eigenvalue weighted by atomic mass is 9.86. The maximum atomic E-state index is 13.0. The van der Waals surface area contributed by atoms with Crippen LogP contribution in [0, 0.1) is 12.3 Å². The molecule has 1 aromatic heterocycles. The van der Waals surface area contributed by atoms with Crippen LogP contribution in [-0.4, -0.2) is 53.5 Å². The highest BCUT2D eigenvalue weighted by Gasteiger charge is 2.45. The normalized spacial score (nSPS) is 21.2. The Hall–Kier alpha value is -2.05. The molecule has 3 heterocycles. The minimum Gasteiger partial charge on any atom is -0.370 e. The summed E-state index contributed by atoms with van der Waals surface area (Å²) in [5, 5.41) is 4.23. The fourth-order valence-electron chi connectivity index (χ4n) is 4.37. The smallest absolute Gasteiger partial charge is 0.253 e. The highest BCUT2D eigenvalue weighted by atomic mass is 35.5. The Morgan fingerprint density at radius 2 is 1.83 bits per heavy atom. The molecule has 29 heavy (non-hydrogen) atoms. The number of nitrogens with zero attached hydrogens (tertiary/aromatic N) is 4. The zero-order valence-corrected chi connectivity index (χ0v) is 18.2. The van der Waals surface area contributed by atoms with Gasteiger partial charge in [0.2, 0.25) is 5.95 Å². The minimum atomic E-state index is -0.00837. The lowest BCUT2D eigenvalue weighted by Crippen LogP contribution is -2.34. The summed E-state index contributed by atoms with van der Waals surface area (Å²) in [6, 6.07) is 6.98. The number of aromatic nitrogens is 2. The summed E-state index contributed by atoms with van der Waals surface area (Å²) in [7, 11) is 0. The Labute approximate surface area is 181 Å². The minimum absolute atomic E-state index is 0.00837. The average Bonchev–Trinajstić information content (AvgIpc) is 3.27. The van der Waals surface area contributed by atoms with Gasteiger partial charge in [-0.2, -0.15) is 4.98 Å². The standard InChI is InChI=1S/C21H25Cl2N5O/c1-3-24-18-8-14(2)25-20(26-18)28-7-5-21(13-28)4-6-27(12-21)19(29)15-9-16(22)11-17(23)10-15/h8-11H,3-7,12-13H2,1-2H3,(H,24,25,26). The van der Waals surface area contributed by atoms with Gasteiger partial charge in [0, 0.05) is 65.5 Å². The summed E-state index contributed by atoms with van der Waals surface area (Å²) in [4.78, 5) is 26.5. The molecule has 154 valence electrons. The average molecular weight is 434 g/mol. The molecule has 0 saturated carbocycles. The van der Waals surface area contributed by atoms with Gasteiger partial charge in [0.05, 0.1) is 0 Å². The Morgan fingerprint density at radius 1 is 1.10 bits per heavy atom. The van der Waals surface area contributed by atoms with E-state index >= 15 is 0 Å². The summed E-state index contributed by atoms with van der Waals surface area (Å²) in [6.07, 6.45) is 2.01. The number of nitrogens with one attached hydrogen (secondary N) is 1. The predicted octanol–water partition coefficient (Wildman–Crippen LogP) is 4.27. The van der Waals surface area contributed by atoms with Crippen molar-refractivity contribution in [2.24, 2.45) is 5.41 Å². The first-order chi connectivity index (χ1) is 13.9. The number of likely N-dealkylation sites (tertiary alicyclic amines) is 1. The van der Waals surface area contributed by atoms with Crippen molar-refractivity contribution >= 4 is 40.9 Å². The highest BCUT2D eigenvalue weighted by Crippen LogP contribution is 2.41. The number of hydrogen-bond donors (Lipinski definition) is 1. The first-order valence-corrected chi connectivity index (χ1v) is 10.7. The predicted molar refractivity (Wildman–Crippen MR) is 117 cm³/mol. The number of halogens is 2. The van der Waals surface area contributed by atoms with Crippen LogP contribution in [0.1, 0.15) is 35.8 Å². The van der Waals surface area contributed by atoms with Crippen molar-refractivity contribution < 1.29 is 4.79 Å². The van der Waals surface area contributed by atoms with Crippen LogP contribution in [0.2, 0.25) is 10.0 Å². The molecule has 2 aliphatic rings. The van der Waals surface area contributed by atoms with E-state index in [1.54, 1.807) is 18.2 Å². The Balaban J connectivity index is 1.47. The van der Waals surface area contributed by atoms with E-state index in [2.05, 4.69) is 27.1 Å². The van der Waals surface area contributed by atoms with E-state index in [1.807, 2.05) is 17.9 Å². The molecule has 1 spiro atoms. The van der Waals surface area contributed by atoms with E-state index in [9.17, 15) is 4.79 Å². The van der Waals surface area contributed by atoms with Crippen LogP contribution in [0.5, 0.6) is 0 Å². The SMILES string of the molecule is CCNc1cc(C)nc(N2CCC3(CCN(C(=O)c4cc(Cl)cc(Cl)c4)C3)C2)n1. The molecule has 2 aliphatic heterocycles. The maximum absolute atomic E-state index is 13.0. The fraction of sp³-hybridized carbons (Fsp3) is 0.476. The second-order valence-electron chi connectivity index (χ2n) is 8.03. The first kappa shape index (κ1) is 20.2. The second-order valence-corrected chi connectivity index (χ2v) is 8.90. The van der Waals surface area contributed by atoms with Gasteiger partial charge < -0.3 is 15.1 Å². The Kier molecular flexibility index (Phi) is 5.58. The van der Waals surface area contributed by atoms with Gasteiger partial charge in [-0.25, -0.2) is 4.98 Å². The third kappa shape index (κ3) is 4.28. The molecule has 0 bridgehead atoms. The first-order valence-electron chi connectivity index (χ1n) is 9.97. The van der Waals surface area contributed by atoms with Crippen LogP contribution in [-0.2, 0) is 0 Å². The largest absolute Gasteiger partial charge is 0.370 e. The molecule has 2 aromatic rings. The van der Waals surface area contributed by atoms with E-state index in [4.69, 9.17) is 23.2 Å². The van der Waals surface area contributed by atoms with E-state index in [0.717, 1.165) is 63.0 Å². The molecule has 2 fully saturated rings. The lowest BCUT2D eigenvalue weighted by molar-refractivity contribution is 0.0776. The van der Waals surface area contributed by atoms with Crippen LogP contribution in [0.15, 0.2) is 24.3 Å². The molecule has 1 amide bonds. The summed E-state index contributed by atoms with van der Waals surface area (Å²) in [6.45, 7) is 8.11. The zero-order chi connectivity index (χ0) is 20.6. The third-order valence-corrected chi connectivity index (χ3v) is 6.19. The number of anilines is 2. The quantitative estimate of drug-likeness (QED) is 0.779. The van der Waals surface area contributed by atoms with Gasteiger partial charge in [0.15, 0.2) is 0 Å². The van der Waals surface area contributed by atoms with Crippen molar-refractivity contribution in [1.29, 1.82) is 0 Å². The molecule has 1 unspecified atom stereocenters. The maximum Gasteiger partial charge on any atom is 0.253 e. The number of rotatable bonds is 4. The molecule has 2 saturated heterocycles. The van der Waals surface area contributed by atoms with Gasteiger partial charge in [-0.1, -0.05) is 23.2 Å². The molecule has 1 N–H and O–H groups in total. The van der Waals surface area contributed by atoms with E-state index in [1.165, 1.54) is 0 Å². The lowest BCUT2D eigenvalue weighted by Gasteiger charge is -2.25.